The molecule has 0 saturated carbocycles. The summed E-state index contributed by atoms with van der Waals surface area (Å²) in [7, 11) is -3.36. The van der Waals surface area contributed by atoms with Crippen LogP contribution in [-0.2, 0) is 14.8 Å². The van der Waals surface area contributed by atoms with Gasteiger partial charge in [-0.1, -0.05) is 18.6 Å². The number of nitrogens with zero attached hydrogens (tertiary/aromatic N) is 1. The van der Waals surface area contributed by atoms with Crippen molar-refractivity contribution in [3.8, 4) is 0 Å². The van der Waals surface area contributed by atoms with Gasteiger partial charge in [0.2, 0.25) is 15.9 Å². The molecule has 7 heteroatoms. The Balaban J connectivity index is 2.18. The van der Waals surface area contributed by atoms with E-state index in [1.54, 1.807) is 11.8 Å². The second-order valence-electron chi connectivity index (χ2n) is 5.07. The molecule has 116 valence electrons. The minimum absolute atomic E-state index is 0.248. The number of amides is 1. The molecule has 1 aliphatic rings. The van der Waals surface area contributed by atoms with Gasteiger partial charge in [0.1, 0.15) is 6.04 Å². The van der Waals surface area contributed by atoms with E-state index in [-0.39, 0.29) is 5.91 Å². The standard InChI is InChI=1S/C14H20N2O3S2/c1-20-13-9-4-3-7-11(13)15-14(17)12-8-5-6-10-16(12)21(2,18)19/h3-4,7,9,12H,5-6,8,10H2,1-2H3,(H,15,17). The van der Waals surface area contributed by atoms with Crippen molar-refractivity contribution in [2.45, 2.75) is 30.2 Å². The molecule has 1 heterocycles. The average Bonchev–Trinajstić information content (AvgIpc) is 2.47. The maximum Gasteiger partial charge on any atom is 0.242 e. The minimum Gasteiger partial charge on any atom is -0.324 e. The Bertz CT molecular complexity index is 616. The van der Waals surface area contributed by atoms with E-state index in [0.717, 1.165) is 29.7 Å². The minimum atomic E-state index is -3.36. The van der Waals surface area contributed by atoms with E-state index in [2.05, 4.69) is 5.32 Å². The van der Waals surface area contributed by atoms with Crippen molar-refractivity contribution in [3.05, 3.63) is 24.3 Å². The number of carbonyl (C=O) groups is 1. The molecular weight excluding hydrogens is 308 g/mol. The summed E-state index contributed by atoms with van der Waals surface area (Å²) in [5.74, 6) is -0.248. The summed E-state index contributed by atoms with van der Waals surface area (Å²) < 4.78 is 25.0. The molecule has 1 fully saturated rings. The molecule has 0 aromatic heterocycles. The molecule has 1 aromatic carbocycles. The summed E-state index contributed by atoms with van der Waals surface area (Å²) in [5, 5.41) is 2.87. The highest BCUT2D eigenvalue weighted by Crippen LogP contribution is 2.26. The smallest absolute Gasteiger partial charge is 0.242 e. The van der Waals surface area contributed by atoms with Crippen LogP contribution in [0.1, 0.15) is 19.3 Å². The lowest BCUT2D eigenvalue weighted by Gasteiger charge is -2.32. The number of hydrogen-bond acceptors (Lipinski definition) is 4. The third kappa shape index (κ3) is 3.99. The average molecular weight is 328 g/mol. The third-order valence-electron chi connectivity index (χ3n) is 3.55. The maximum absolute atomic E-state index is 12.5. The molecular formula is C14H20N2O3S2. The zero-order valence-corrected chi connectivity index (χ0v) is 13.8. The van der Waals surface area contributed by atoms with Crippen LogP contribution < -0.4 is 5.32 Å². The number of anilines is 1. The quantitative estimate of drug-likeness (QED) is 0.860. The predicted molar refractivity (Wildman–Crippen MR) is 86.0 cm³/mol. The van der Waals surface area contributed by atoms with Crippen molar-refractivity contribution in [1.29, 1.82) is 0 Å². The van der Waals surface area contributed by atoms with Gasteiger partial charge >= 0.3 is 0 Å². The first kappa shape index (κ1) is 16.3. The molecule has 1 atom stereocenters. The van der Waals surface area contributed by atoms with Crippen LogP contribution in [0.5, 0.6) is 0 Å². The maximum atomic E-state index is 12.5. The van der Waals surface area contributed by atoms with Gasteiger partial charge in [0.05, 0.1) is 11.9 Å². The van der Waals surface area contributed by atoms with E-state index in [9.17, 15) is 13.2 Å². The van der Waals surface area contributed by atoms with Gasteiger partial charge < -0.3 is 5.32 Å². The molecule has 0 spiro atoms. The van der Waals surface area contributed by atoms with Crippen LogP contribution in [0.4, 0.5) is 5.69 Å². The van der Waals surface area contributed by atoms with Crippen molar-refractivity contribution < 1.29 is 13.2 Å². The van der Waals surface area contributed by atoms with Crippen LogP contribution in [0.3, 0.4) is 0 Å². The number of hydrogen-bond donors (Lipinski definition) is 1. The highest BCUT2D eigenvalue weighted by Gasteiger charge is 2.34. The molecule has 1 amide bonds. The lowest BCUT2D eigenvalue weighted by atomic mass is 10.0. The van der Waals surface area contributed by atoms with Gasteiger partial charge in [-0.15, -0.1) is 11.8 Å². The van der Waals surface area contributed by atoms with E-state index >= 15 is 0 Å². The molecule has 1 aliphatic heterocycles. The van der Waals surface area contributed by atoms with E-state index in [1.165, 1.54) is 4.31 Å². The summed E-state index contributed by atoms with van der Waals surface area (Å²) in [6.45, 7) is 0.418. The Labute approximate surface area is 130 Å². The second kappa shape index (κ2) is 6.81. The SMILES string of the molecule is CSc1ccccc1NC(=O)C1CCCCN1S(C)(=O)=O. The lowest BCUT2D eigenvalue weighted by Crippen LogP contribution is -2.49. The molecule has 21 heavy (non-hydrogen) atoms. The number of thioether (sulfide) groups is 1. The first-order chi connectivity index (χ1) is 9.93. The molecule has 1 unspecified atom stereocenters. The largest absolute Gasteiger partial charge is 0.324 e. The number of carbonyl (C=O) groups excluding carboxylic acids is 1. The normalized spacial score (nSPS) is 20.2. The first-order valence-electron chi connectivity index (χ1n) is 6.84. The van der Waals surface area contributed by atoms with E-state index < -0.39 is 16.1 Å². The Morgan fingerprint density at radius 3 is 2.71 bits per heavy atom. The van der Waals surface area contributed by atoms with Crippen molar-refractivity contribution in [2.75, 3.05) is 24.4 Å². The van der Waals surface area contributed by atoms with Gasteiger partial charge in [0.15, 0.2) is 0 Å². The molecule has 1 N–H and O–H groups in total. The van der Waals surface area contributed by atoms with Crippen molar-refractivity contribution in [3.63, 3.8) is 0 Å². The van der Waals surface area contributed by atoms with Crippen LogP contribution in [0.15, 0.2) is 29.2 Å². The van der Waals surface area contributed by atoms with Crippen molar-refractivity contribution in [1.82, 2.24) is 4.31 Å². The molecule has 0 bridgehead atoms. The monoisotopic (exact) mass is 328 g/mol. The Kier molecular flexibility index (Phi) is 5.29. The molecule has 1 saturated heterocycles. The topological polar surface area (TPSA) is 66.5 Å². The molecule has 0 radical (unpaired) electrons. The van der Waals surface area contributed by atoms with Gasteiger partial charge in [-0.3, -0.25) is 4.79 Å². The summed E-state index contributed by atoms with van der Waals surface area (Å²) >= 11 is 1.54. The van der Waals surface area contributed by atoms with Crippen LogP contribution in [0.2, 0.25) is 0 Å². The Morgan fingerprint density at radius 2 is 2.05 bits per heavy atom. The number of piperidine rings is 1. The number of para-hydroxylation sites is 1. The highest BCUT2D eigenvalue weighted by molar-refractivity contribution is 7.98. The number of nitrogens with one attached hydrogen (secondary N) is 1. The summed E-state index contributed by atoms with van der Waals surface area (Å²) in [4.78, 5) is 13.4. The van der Waals surface area contributed by atoms with Crippen LogP contribution in [0.25, 0.3) is 0 Å². The summed E-state index contributed by atoms with van der Waals surface area (Å²) in [6.07, 6.45) is 5.34. The van der Waals surface area contributed by atoms with E-state index in [0.29, 0.717) is 13.0 Å². The number of benzene rings is 1. The summed E-state index contributed by atoms with van der Waals surface area (Å²) in [6, 6.07) is 6.91. The van der Waals surface area contributed by atoms with Crippen molar-refractivity contribution in [2.24, 2.45) is 0 Å². The van der Waals surface area contributed by atoms with Crippen LogP contribution in [-0.4, -0.2) is 43.7 Å². The first-order valence-corrected chi connectivity index (χ1v) is 9.91. The van der Waals surface area contributed by atoms with Crippen molar-refractivity contribution >= 4 is 33.4 Å². The zero-order valence-electron chi connectivity index (χ0n) is 12.2. The fourth-order valence-electron chi connectivity index (χ4n) is 2.53. The highest BCUT2D eigenvalue weighted by atomic mass is 32.2. The second-order valence-corrected chi connectivity index (χ2v) is 7.86. The zero-order chi connectivity index (χ0) is 15.5. The van der Waals surface area contributed by atoms with Gasteiger partial charge in [-0.05, 0) is 31.2 Å². The summed E-state index contributed by atoms with van der Waals surface area (Å²) in [5.41, 5.74) is 0.731. The third-order valence-corrected chi connectivity index (χ3v) is 5.63. The molecule has 1 aromatic rings. The number of rotatable bonds is 4. The lowest BCUT2D eigenvalue weighted by molar-refractivity contribution is -0.120. The predicted octanol–water partition coefficient (Wildman–Crippen LogP) is 2.16. The number of sulfonamides is 1. The van der Waals surface area contributed by atoms with Gasteiger partial charge in [0, 0.05) is 11.4 Å². The van der Waals surface area contributed by atoms with E-state index in [4.69, 9.17) is 0 Å². The van der Waals surface area contributed by atoms with Gasteiger partial charge in [-0.2, -0.15) is 4.31 Å². The van der Waals surface area contributed by atoms with Crippen LogP contribution >= 0.6 is 11.8 Å². The van der Waals surface area contributed by atoms with Gasteiger partial charge in [-0.25, -0.2) is 8.42 Å². The molecule has 2 rings (SSSR count). The Hall–Kier alpha value is -1.05. The Morgan fingerprint density at radius 1 is 1.33 bits per heavy atom. The molecule has 0 aliphatic carbocycles. The fourth-order valence-corrected chi connectivity index (χ4v) is 4.21. The van der Waals surface area contributed by atoms with E-state index in [1.807, 2.05) is 30.5 Å². The molecule has 5 nitrogen and oxygen atoms in total. The van der Waals surface area contributed by atoms with Crippen LogP contribution in [0, 0.1) is 0 Å². The van der Waals surface area contributed by atoms with Gasteiger partial charge in [0.25, 0.3) is 0 Å². The fraction of sp³-hybridized carbons (Fsp3) is 0.500.